The van der Waals surface area contributed by atoms with E-state index >= 15 is 0 Å². The smallest absolute Gasteiger partial charge is 0.263 e. The molecule has 1 saturated heterocycles. The summed E-state index contributed by atoms with van der Waals surface area (Å²) in [6.07, 6.45) is 0. The van der Waals surface area contributed by atoms with Crippen LogP contribution in [0.2, 0.25) is 0 Å². The lowest BCUT2D eigenvalue weighted by atomic mass is 10.1. The van der Waals surface area contributed by atoms with Gasteiger partial charge in [-0.3, -0.25) is 14.6 Å². The molecule has 0 bridgehead atoms. The third-order valence-electron chi connectivity index (χ3n) is 5.46. The van der Waals surface area contributed by atoms with Crippen LogP contribution in [0.4, 0.5) is 5.69 Å². The Balaban J connectivity index is 1.33. The van der Waals surface area contributed by atoms with Gasteiger partial charge in [0.15, 0.2) is 12.1 Å². The van der Waals surface area contributed by atoms with Crippen LogP contribution in [0.3, 0.4) is 0 Å². The lowest BCUT2D eigenvalue weighted by Gasteiger charge is -2.19. The van der Waals surface area contributed by atoms with Gasteiger partial charge in [-0.05, 0) is 50.2 Å². The van der Waals surface area contributed by atoms with Gasteiger partial charge in [0.05, 0.1) is 24.5 Å². The fraction of sp³-hybridized carbons (Fsp3) is 0.304. The Morgan fingerprint density at radius 1 is 0.971 bits per heavy atom. The predicted octanol–water partition coefficient (Wildman–Crippen LogP) is 3.03. The quantitative estimate of drug-likeness (QED) is 0.468. The van der Waals surface area contributed by atoms with Crippen molar-refractivity contribution in [3.8, 4) is 22.9 Å². The van der Waals surface area contributed by atoms with Gasteiger partial charge >= 0.3 is 0 Å². The molecule has 3 heterocycles. The molecule has 0 radical (unpaired) electrons. The van der Waals surface area contributed by atoms with Crippen molar-refractivity contribution in [2.24, 2.45) is 10.3 Å². The molecule has 5 rings (SSSR count). The summed E-state index contributed by atoms with van der Waals surface area (Å²) in [6, 6.07) is 12.4. The Bertz CT molecular complexity index is 1240. The minimum Gasteiger partial charge on any atom is -0.494 e. The normalized spacial score (nSPS) is 19.1. The van der Waals surface area contributed by atoms with E-state index in [1.807, 2.05) is 38.1 Å². The summed E-state index contributed by atoms with van der Waals surface area (Å²) >= 11 is 0. The number of anilines is 1. The Labute approximate surface area is 194 Å². The second-order valence-corrected chi connectivity index (χ2v) is 7.57. The second-order valence-electron chi connectivity index (χ2n) is 7.57. The van der Waals surface area contributed by atoms with E-state index in [2.05, 4.69) is 20.5 Å². The van der Waals surface area contributed by atoms with E-state index in [4.69, 9.17) is 14.0 Å². The maximum Gasteiger partial charge on any atom is 0.263 e. The van der Waals surface area contributed by atoms with E-state index in [1.165, 1.54) is 5.01 Å². The SMILES string of the molecule is CCOc1ccc(N2C(=O)[C@@H]3[C@@H](N=NN3Cc3nc(-c4ccccc4OCC)no3)C2=O)cc1. The summed E-state index contributed by atoms with van der Waals surface area (Å²) in [5.74, 6) is 1.05. The molecule has 2 aliphatic heterocycles. The van der Waals surface area contributed by atoms with Crippen LogP contribution < -0.4 is 14.4 Å². The Morgan fingerprint density at radius 3 is 2.50 bits per heavy atom. The number of nitrogens with zero attached hydrogens (tertiary/aromatic N) is 6. The number of hydrogen-bond donors (Lipinski definition) is 0. The maximum absolute atomic E-state index is 13.2. The highest BCUT2D eigenvalue weighted by Gasteiger charge is 2.55. The fourth-order valence-electron chi connectivity index (χ4n) is 3.97. The Kier molecular flexibility index (Phi) is 5.66. The van der Waals surface area contributed by atoms with Crippen LogP contribution in [-0.4, -0.2) is 52.3 Å². The molecule has 11 heteroatoms. The van der Waals surface area contributed by atoms with Gasteiger partial charge in [-0.2, -0.15) is 10.1 Å². The van der Waals surface area contributed by atoms with Gasteiger partial charge in [-0.1, -0.05) is 22.5 Å². The van der Waals surface area contributed by atoms with Crippen LogP contribution in [0.25, 0.3) is 11.4 Å². The van der Waals surface area contributed by atoms with Crippen molar-refractivity contribution in [1.82, 2.24) is 15.1 Å². The number of aromatic nitrogens is 2. The monoisotopic (exact) mass is 462 g/mol. The van der Waals surface area contributed by atoms with Crippen LogP contribution in [0, 0.1) is 0 Å². The summed E-state index contributed by atoms with van der Waals surface area (Å²) in [5, 5.41) is 13.5. The molecule has 3 aromatic rings. The van der Waals surface area contributed by atoms with Crippen LogP contribution in [0.5, 0.6) is 11.5 Å². The zero-order valence-corrected chi connectivity index (χ0v) is 18.6. The molecular formula is C23H22N6O5. The standard InChI is InChI=1S/C23H22N6O5/c1-3-32-15-11-9-14(10-12-15)29-22(30)19-20(23(29)31)28(27-25-19)13-18-24-21(26-34-18)16-7-5-6-8-17(16)33-4-2/h5-12,19-20H,3-4,13H2,1-2H3/t19-,20+/m1/s1. The highest BCUT2D eigenvalue weighted by Crippen LogP contribution is 2.34. The number of carbonyl (C=O) groups is 2. The van der Waals surface area contributed by atoms with Gasteiger partial charge in [0.2, 0.25) is 11.7 Å². The van der Waals surface area contributed by atoms with Crippen molar-refractivity contribution in [2.45, 2.75) is 32.5 Å². The van der Waals surface area contributed by atoms with Gasteiger partial charge < -0.3 is 14.0 Å². The van der Waals surface area contributed by atoms with Crippen LogP contribution >= 0.6 is 0 Å². The molecule has 1 aromatic heterocycles. The third kappa shape index (κ3) is 3.74. The van der Waals surface area contributed by atoms with Crippen molar-refractivity contribution in [1.29, 1.82) is 0 Å². The number of hydrogen-bond acceptors (Lipinski definition) is 10. The largest absolute Gasteiger partial charge is 0.494 e. The molecule has 2 amide bonds. The van der Waals surface area contributed by atoms with Crippen LogP contribution in [-0.2, 0) is 16.1 Å². The first-order valence-electron chi connectivity index (χ1n) is 10.9. The summed E-state index contributed by atoms with van der Waals surface area (Å²) in [4.78, 5) is 31.7. The van der Waals surface area contributed by atoms with E-state index in [0.717, 1.165) is 4.90 Å². The van der Waals surface area contributed by atoms with Crippen LogP contribution in [0.1, 0.15) is 19.7 Å². The van der Waals surface area contributed by atoms with Crippen molar-refractivity contribution < 1.29 is 23.6 Å². The van der Waals surface area contributed by atoms with Gasteiger partial charge in [-0.25, -0.2) is 4.90 Å². The van der Waals surface area contributed by atoms with E-state index in [-0.39, 0.29) is 12.4 Å². The average molecular weight is 462 g/mol. The molecular weight excluding hydrogens is 440 g/mol. The molecule has 0 spiro atoms. The third-order valence-corrected chi connectivity index (χ3v) is 5.46. The van der Waals surface area contributed by atoms with Crippen molar-refractivity contribution in [3.63, 3.8) is 0 Å². The molecule has 0 unspecified atom stereocenters. The van der Waals surface area contributed by atoms with Gasteiger partial charge in [0.25, 0.3) is 11.8 Å². The maximum atomic E-state index is 13.2. The van der Waals surface area contributed by atoms with Gasteiger partial charge in [-0.15, -0.1) is 0 Å². The van der Waals surface area contributed by atoms with E-state index in [9.17, 15) is 9.59 Å². The lowest BCUT2D eigenvalue weighted by Crippen LogP contribution is -2.39. The number of carbonyl (C=O) groups excluding carboxylic acids is 2. The molecule has 0 saturated carbocycles. The van der Waals surface area contributed by atoms with E-state index < -0.39 is 23.9 Å². The number of benzene rings is 2. The number of para-hydroxylation sites is 1. The molecule has 34 heavy (non-hydrogen) atoms. The minimum absolute atomic E-state index is 0.0323. The number of rotatable bonds is 8. The molecule has 0 aliphatic carbocycles. The molecule has 2 aliphatic rings. The molecule has 0 N–H and O–H groups in total. The Morgan fingerprint density at radius 2 is 1.74 bits per heavy atom. The number of fused-ring (bicyclic) bond motifs is 1. The molecule has 2 aromatic carbocycles. The zero-order chi connectivity index (χ0) is 23.7. The second kappa shape index (κ2) is 8.93. The Hall–Kier alpha value is -4.28. The van der Waals surface area contributed by atoms with Crippen molar-refractivity contribution in [3.05, 3.63) is 54.4 Å². The minimum atomic E-state index is -0.917. The van der Waals surface area contributed by atoms with E-state index in [1.54, 1.807) is 24.3 Å². The summed E-state index contributed by atoms with van der Waals surface area (Å²) in [5.41, 5.74) is 1.14. The molecule has 11 nitrogen and oxygen atoms in total. The van der Waals surface area contributed by atoms with Crippen molar-refractivity contribution >= 4 is 17.5 Å². The average Bonchev–Trinajstić information content (AvgIpc) is 3.54. The number of amides is 2. The first-order chi connectivity index (χ1) is 16.6. The molecule has 1 fully saturated rings. The topological polar surface area (TPSA) is 123 Å². The lowest BCUT2D eigenvalue weighted by molar-refractivity contribution is -0.123. The first kappa shape index (κ1) is 21.6. The number of ether oxygens (including phenoxy) is 2. The predicted molar refractivity (Wildman–Crippen MR) is 119 cm³/mol. The summed E-state index contributed by atoms with van der Waals surface area (Å²) in [6.45, 7) is 4.83. The van der Waals surface area contributed by atoms with Gasteiger partial charge in [0.1, 0.15) is 18.0 Å². The molecule has 174 valence electrons. The molecule has 2 atom stereocenters. The summed E-state index contributed by atoms with van der Waals surface area (Å²) in [7, 11) is 0. The first-order valence-corrected chi connectivity index (χ1v) is 10.9. The number of imide groups is 1. The van der Waals surface area contributed by atoms with Crippen molar-refractivity contribution in [2.75, 3.05) is 18.1 Å². The highest BCUT2D eigenvalue weighted by molar-refractivity contribution is 6.25. The van der Waals surface area contributed by atoms with Crippen LogP contribution in [0.15, 0.2) is 63.4 Å². The van der Waals surface area contributed by atoms with E-state index in [0.29, 0.717) is 41.8 Å². The highest BCUT2D eigenvalue weighted by atomic mass is 16.5. The van der Waals surface area contributed by atoms with Gasteiger partial charge in [0, 0.05) is 0 Å². The zero-order valence-electron chi connectivity index (χ0n) is 18.6. The summed E-state index contributed by atoms with van der Waals surface area (Å²) < 4.78 is 16.4. The fourth-order valence-corrected chi connectivity index (χ4v) is 3.97.